The number of ether oxygens (including phenoxy) is 2. The number of carbonyl (C=O) groups is 2. The van der Waals surface area contributed by atoms with E-state index in [-0.39, 0.29) is 19.4 Å². The Morgan fingerprint density at radius 1 is 0.525 bits per heavy atom. The lowest BCUT2D eigenvalue weighted by atomic mass is 10.1. The molecule has 0 bridgehead atoms. The van der Waals surface area contributed by atoms with Crippen molar-refractivity contribution in [1.29, 1.82) is 0 Å². The van der Waals surface area contributed by atoms with Crippen LogP contribution in [0.2, 0.25) is 0 Å². The van der Waals surface area contributed by atoms with Crippen LogP contribution in [0.25, 0.3) is 0 Å². The summed E-state index contributed by atoms with van der Waals surface area (Å²) in [6.07, 6.45) is 52.6. The molecule has 0 saturated carbocycles. The van der Waals surface area contributed by atoms with Crippen molar-refractivity contribution in [3.8, 4) is 0 Å². The third-order valence-electron chi connectivity index (χ3n) is 8.74. The van der Waals surface area contributed by atoms with Gasteiger partial charge in [-0.2, -0.15) is 0 Å². The van der Waals surface area contributed by atoms with E-state index in [1.54, 1.807) is 0 Å². The van der Waals surface area contributed by atoms with E-state index in [4.69, 9.17) is 19.1 Å². The molecule has 336 valence electrons. The first-order chi connectivity index (χ1) is 28.7. The number of phosphoric acid groups is 1. The molecular formula is C48H79O10P. The lowest BCUT2D eigenvalue weighted by molar-refractivity contribution is -0.161. The zero-order valence-electron chi connectivity index (χ0n) is 36.4. The standard InChI is InChI=1S/C48H79O10P/c1-3-5-7-9-11-13-15-17-19-21-22-24-26-28-30-32-34-36-38-40-48(52)58-46(44-57-59(53,54)56-42-45(50)41-49)43-55-47(51)39-37-35-33-31-29-27-25-23-20-18-16-14-12-10-8-6-4-2/h5,7,11,13,17,19,22,24-25,27-28,30-31,33-34,36,45-46,49-50H,3-4,6,8-10,12,14-16,18,20-21,23,26,29,32,35,37-44H2,1-2H3,(H,53,54)/b7-5+,13-11+,19-17+,24-22+,27-25+,30-28+,33-31+,36-34+/t45-,46+/m0/s1. The molecule has 0 aromatic heterocycles. The molecule has 0 fully saturated rings. The van der Waals surface area contributed by atoms with Crippen LogP contribution < -0.4 is 0 Å². The molecule has 0 aliphatic rings. The second-order valence-corrected chi connectivity index (χ2v) is 15.8. The Balaban J connectivity index is 4.49. The van der Waals surface area contributed by atoms with E-state index in [9.17, 15) is 24.2 Å². The first-order valence-electron chi connectivity index (χ1n) is 22.2. The predicted molar refractivity (Wildman–Crippen MR) is 242 cm³/mol. The average Bonchev–Trinajstić information content (AvgIpc) is 3.22. The number of phosphoric ester groups is 1. The normalized spacial score (nSPS) is 14.7. The van der Waals surface area contributed by atoms with Gasteiger partial charge in [-0.1, -0.05) is 162 Å². The van der Waals surface area contributed by atoms with Crippen molar-refractivity contribution in [2.75, 3.05) is 26.4 Å². The Bertz CT molecular complexity index is 1300. The minimum atomic E-state index is -4.65. The largest absolute Gasteiger partial charge is 0.472 e. The fourth-order valence-corrected chi connectivity index (χ4v) is 6.14. The third-order valence-corrected chi connectivity index (χ3v) is 9.69. The van der Waals surface area contributed by atoms with Gasteiger partial charge in [0.05, 0.1) is 19.8 Å². The summed E-state index contributed by atoms with van der Waals surface area (Å²) in [7, 11) is -4.65. The SMILES string of the molecule is CC/C=C/C/C=C/C/C=C/C/C=C/C/C=C/C/C=C/CCC(=O)O[C@H](COC(=O)CCC/C=C/C/C=C/CCCCCCCCCCC)COP(=O)(O)OC[C@@H](O)CO. The predicted octanol–water partition coefficient (Wildman–Crippen LogP) is 12.0. The van der Waals surface area contributed by atoms with Gasteiger partial charge in [0.15, 0.2) is 6.10 Å². The van der Waals surface area contributed by atoms with E-state index < -0.39 is 51.8 Å². The van der Waals surface area contributed by atoms with Crippen LogP contribution in [0.3, 0.4) is 0 Å². The number of hydrogen-bond acceptors (Lipinski definition) is 9. The van der Waals surface area contributed by atoms with Gasteiger partial charge >= 0.3 is 19.8 Å². The second-order valence-electron chi connectivity index (χ2n) is 14.3. The minimum absolute atomic E-state index is 0.0450. The summed E-state index contributed by atoms with van der Waals surface area (Å²) >= 11 is 0. The van der Waals surface area contributed by atoms with Crippen LogP contribution in [0.1, 0.15) is 155 Å². The van der Waals surface area contributed by atoms with Crippen molar-refractivity contribution in [3.63, 3.8) is 0 Å². The Labute approximate surface area is 357 Å². The lowest BCUT2D eigenvalue weighted by Crippen LogP contribution is -2.29. The van der Waals surface area contributed by atoms with Gasteiger partial charge in [0, 0.05) is 12.8 Å². The monoisotopic (exact) mass is 847 g/mol. The maximum atomic E-state index is 12.6. The van der Waals surface area contributed by atoms with Gasteiger partial charge in [0.2, 0.25) is 0 Å². The molecule has 10 nitrogen and oxygen atoms in total. The molecule has 3 atom stereocenters. The Kier molecular flexibility index (Phi) is 40.7. The zero-order chi connectivity index (χ0) is 43.3. The number of unbranched alkanes of at least 4 members (excludes halogenated alkanes) is 10. The fraction of sp³-hybridized carbons (Fsp3) is 0.625. The highest BCUT2D eigenvalue weighted by atomic mass is 31.2. The third kappa shape index (κ3) is 42.8. The number of aliphatic hydroxyl groups is 2. The number of rotatable bonds is 40. The second kappa shape index (κ2) is 43.0. The van der Waals surface area contributed by atoms with Gasteiger partial charge in [-0.05, 0) is 77.0 Å². The Morgan fingerprint density at radius 3 is 1.47 bits per heavy atom. The van der Waals surface area contributed by atoms with E-state index >= 15 is 0 Å². The number of hydrogen-bond donors (Lipinski definition) is 3. The smallest absolute Gasteiger partial charge is 0.462 e. The van der Waals surface area contributed by atoms with Crippen LogP contribution in [0.4, 0.5) is 0 Å². The summed E-state index contributed by atoms with van der Waals surface area (Å²) in [5, 5.41) is 18.3. The Hall–Kier alpha value is -3.11. The summed E-state index contributed by atoms with van der Waals surface area (Å²) < 4.78 is 32.6. The zero-order valence-corrected chi connectivity index (χ0v) is 37.3. The maximum absolute atomic E-state index is 12.6. The highest BCUT2D eigenvalue weighted by Crippen LogP contribution is 2.43. The summed E-state index contributed by atoms with van der Waals surface area (Å²) in [5.74, 6) is -1.08. The summed E-state index contributed by atoms with van der Waals surface area (Å²) in [4.78, 5) is 35.0. The molecule has 0 aliphatic carbocycles. The molecule has 0 spiro atoms. The van der Waals surface area contributed by atoms with Gasteiger partial charge in [0.1, 0.15) is 12.7 Å². The van der Waals surface area contributed by atoms with Crippen LogP contribution >= 0.6 is 7.82 Å². The molecule has 0 aromatic rings. The van der Waals surface area contributed by atoms with Crippen molar-refractivity contribution in [2.45, 2.75) is 167 Å². The molecule has 0 amide bonds. The van der Waals surface area contributed by atoms with Gasteiger partial charge in [-0.3, -0.25) is 18.6 Å². The lowest BCUT2D eigenvalue weighted by Gasteiger charge is -2.20. The summed E-state index contributed by atoms with van der Waals surface area (Å²) in [6, 6.07) is 0. The van der Waals surface area contributed by atoms with Crippen molar-refractivity contribution < 1.29 is 47.8 Å². The molecule has 0 heterocycles. The number of esters is 2. The molecule has 59 heavy (non-hydrogen) atoms. The van der Waals surface area contributed by atoms with Gasteiger partial charge in [0.25, 0.3) is 0 Å². The molecule has 11 heteroatoms. The highest BCUT2D eigenvalue weighted by molar-refractivity contribution is 7.47. The quantitative estimate of drug-likeness (QED) is 0.0235. The minimum Gasteiger partial charge on any atom is -0.462 e. The van der Waals surface area contributed by atoms with Gasteiger partial charge in [-0.25, -0.2) is 4.57 Å². The van der Waals surface area contributed by atoms with Gasteiger partial charge < -0.3 is 24.6 Å². The van der Waals surface area contributed by atoms with Crippen LogP contribution in [0.15, 0.2) is 97.2 Å². The summed E-state index contributed by atoms with van der Waals surface area (Å²) in [6.45, 7) is 2.12. The number of carbonyl (C=O) groups excluding carboxylic acids is 2. The maximum Gasteiger partial charge on any atom is 0.472 e. The molecule has 3 N–H and O–H groups in total. The van der Waals surface area contributed by atoms with Crippen LogP contribution in [-0.4, -0.2) is 65.7 Å². The van der Waals surface area contributed by atoms with E-state index in [1.807, 2.05) is 18.2 Å². The van der Waals surface area contributed by atoms with E-state index in [1.165, 1.54) is 57.8 Å². The van der Waals surface area contributed by atoms with E-state index in [2.05, 4.69) is 97.4 Å². The van der Waals surface area contributed by atoms with Crippen LogP contribution in [-0.2, 0) is 32.7 Å². The molecule has 0 aromatic carbocycles. The highest BCUT2D eigenvalue weighted by Gasteiger charge is 2.27. The van der Waals surface area contributed by atoms with Crippen LogP contribution in [0, 0.1) is 0 Å². The van der Waals surface area contributed by atoms with Crippen molar-refractivity contribution in [1.82, 2.24) is 0 Å². The Morgan fingerprint density at radius 2 is 0.966 bits per heavy atom. The topological polar surface area (TPSA) is 149 Å². The first-order valence-corrected chi connectivity index (χ1v) is 23.7. The first kappa shape index (κ1) is 55.9. The molecule has 1 unspecified atom stereocenters. The molecule has 0 rings (SSSR count). The molecule has 0 saturated heterocycles. The van der Waals surface area contributed by atoms with Gasteiger partial charge in [-0.15, -0.1) is 0 Å². The van der Waals surface area contributed by atoms with E-state index in [0.717, 1.165) is 51.4 Å². The van der Waals surface area contributed by atoms with Crippen LogP contribution in [0.5, 0.6) is 0 Å². The number of aliphatic hydroxyl groups excluding tert-OH is 2. The molecule has 0 aliphatic heterocycles. The van der Waals surface area contributed by atoms with Crippen molar-refractivity contribution >= 4 is 19.8 Å². The summed E-state index contributed by atoms with van der Waals surface area (Å²) in [5.41, 5.74) is 0. The fourth-order valence-electron chi connectivity index (χ4n) is 5.35. The molecule has 0 radical (unpaired) electrons. The number of allylic oxidation sites excluding steroid dienone is 16. The average molecular weight is 847 g/mol. The van der Waals surface area contributed by atoms with Crippen molar-refractivity contribution in [3.05, 3.63) is 97.2 Å². The van der Waals surface area contributed by atoms with Crippen molar-refractivity contribution in [2.24, 2.45) is 0 Å². The van der Waals surface area contributed by atoms with E-state index in [0.29, 0.717) is 19.3 Å². The molecular weight excluding hydrogens is 767 g/mol.